The Morgan fingerprint density at radius 3 is 1.93 bits per heavy atom. The first-order valence-corrected chi connectivity index (χ1v) is 5.53. The van der Waals surface area contributed by atoms with Gasteiger partial charge in [-0.1, -0.05) is 0 Å². The van der Waals surface area contributed by atoms with E-state index in [0.717, 1.165) is 13.1 Å². The van der Waals surface area contributed by atoms with Crippen LogP contribution in [0.2, 0.25) is 0 Å². The molecule has 1 atom stereocenters. The summed E-state index contributed by atoms with van der Waals surface area (Å²) in [4.78, 5) is 2.15. The summed E-state index contributed by atoms with van der Waals surface area (Å²) < 4.78 is 12.2. The van der Waals surface area contributed by atoms with Crippen LogP contribution >= 0.6 is 0 Å². The first-order chi connectivity index (χ1) is 6.69. The molecule has 2 heterocycles. The smallest absolute Gasteiger partial charge is 0.198 e. The van der Waals surface area contributed by atoms with Gasteiger partial charge in [0.15, 0.2) is 5.79 Å². The van der Waals surface area contributed by atoms with E-state index < -0.39 is 5.79 Å². The minimum Gasteiger partial charge on any atom is -0.338 e. The van der Waals surface area contributed by atoms with E-state index in [1.165, 1.54) is 0 Å². The highest BCUT2D eigenvalue weighted by atomic mass is 16.8. The third kappa shape index (κ3) is 1.51. The van der Waals surface area contributed by atoms with Crippen LogP contribution in [-0.4, -0.2) is 48.1 Å². The third-order valence-corrected chi connectivity index (χ3v) is 3.87. The molecule has 0 amide bonds. The molecule has 2 rings (SSSR count). The van der Waals surface area contributed by atoms with Gasteiger partial charge < -0.3 is 15.2 Å². The van der Waals surface area contributed by atoms with Crippen molar-refractivity contribution < 1.29 is 9.47 Å². The Morgan fingerprint density at radius 2 is 1.60 bits per heavy atom. The van der Waals surface area contributed by atoms with Gasteiger partial charge in [-0.25, -0.2) is 0 Å². The number of hydrogen-bond donors (Lipinski definition) is 1. The summed E-state index contributed by atoms with van der Waals surface area (Å²) in [6.07, 6.45) is 0. The second-order valence-electron chi connectivity index (χ2n) is 5.84. The molecule has 0 aromatic heterocycles. The molecule has 0 aromatic rings. The molecule has 0 aromatic carbocycles. The van der Waals surface area contributed by atoms with Crippen LogP contribution in [0.3, 0.4) is 0 Å². The summed E-state index contributed by atoms with van der Waals surface area (Å²) in [7, 11) is 2.04. The molecule has 0 bridgehead atoms. The second-order valence-corrected chi connectivity index (χ2v) is 5.84. The van der Waals surface area contributed by atoms with E-state index in [1.54, 1.807) is 0 Å². The van der Waals surface area contributed by atoms with Crippen molar-refractivity contribution in [1.29, 1.82) is 0 Å². The van der Waals surface area contributed by atoms with Gasteiger partial charge in [0.2, 0.25) is 0 Å². The van der Waals surface area contributed by atoms with E-state index >= 15 is 0 Å². The van der Waals surface area contributed by atoms with Crippen molar-refractivity contribution in [3.8, 4) is 0 Å². The van der Waals surface area contributed by atoms with Crippen LogP contribution in [0.5, 0.6) is 0 Å². The van der Waals surface area contributed by atoms with E-state index in [2.05, 4.69) is 32.6 Å². The molecular weight excluding hydrogens is 192 g/mol. The largest absolute Gasteiger partial charge is 0.338 e. The van der Waals surface area contributed by atoms with Crippen molar-refractivity contribution in [3.05, 3.63) is 0 Å². The molecule has 0 aliphatic carbocycles. The highest BCUT2D eigenvalue weighted by molar-refractivity contribution is 5.06. The molecular formula is C11H22N2O2. The van der Waals surface area contributed by atoms with Gasteiger partial charge in [0, 0.05) is 6.54 Å². The molecule has 2 N–H and O–H groups in total. The average molecular weight is 214 g/mol. The van der Waals surface area contributed by atoms with E-state index in [9.17, 15) is 0 Å². The normalized spacial score (nSPS) is 37.6. The topological polar surface area (TPSA) is 47.7 Å². The van der Waals surface area contributed by atoms with Crippen molar-refractivity contribution in [3.63, 3.8) is 0 Å². The summed E-state index contributed by atoms with van der Waals surface area (Å²) in [5, 5.41) is 0. The highest BCUT2D eigenvalue weighted by Crippen LogP contribution is 2.46. The Kier molecular flexibility index (Phi) is 2.22. The standard InChI is InChI=1S/C11H22N2O2/c1-9(2)10(3,4)15-11(14-9)7-13(5)6-8(11)12/h8H,6-7,12H2,1-5H3. The summed E-state index contributed by atoms with van der Waals surface area (Å²) in [5.74, 6) is -0.609. The summed E-state index contributed by atoms with van der Waals surface area (Å²) in [6.45, 7) is 9.83. The Morgan fingerprint density at radius 1 is 1.13 bits per heavy atom. The fraction of sp³-hybridized carbons (Fsp3) is 1.00. The van der Waals surface area contributed by atoms with Gasteiger partial charge in [-0.15, -0.1) is 0 Å². The highest BCUT2D eigenvalue weighted by Gasteiger charge is 2.61. The maximum atomic E-state index is 6.12. The molecule has 1 unspecified atom stereocenters. The number of ether oxygens (including phenoxy) is 2. The molecule has 4 heteroatoms. The molecule has 0 saturated carbocycles. The van der Waals surface area contributed by atoms with Crippen LogP contribution in [-0.2, 0) is 9.47 Å². The summed E-state index contributed by atoms with van der Waals surface area (Å²) in [6, 6.07) is -0.0662. The molecule has 2 aliphatic heterocycles. The Labute approximate surface area is 91.7 Å². The molecule has 2 aliphatic rings. The molecule has 0 radical (unpaired) electrons. The van der Waals surface area contributed by atoms with Gasteiger partial charge in [-0.3, -0.25) is 4.90 Å². The minimum absolute atomic E-state index is 0.0662. The van der Waals surface area contributed by atoms with Crippen LogP contribution in [0.15, 0.2) is 0 Å². The Bertz CT molecular complexity index is 260. The monoisotopic (exact) mass is 214 g/mol. The molecule has 4 nitrogen and oxygen atoms in total. The lowest BCUT2D eigenvalue weighted by atomic mass is 9.90. The SMILES string of the molecule is CN1CC(N)C2(C1)OC(C)(C)C(C)(C)O2. The van der Waals surface area contributed by atoms with Gasteiger partial charge in [-0.05, 0) is 34.7 Å². The number of nitrogens with zero attached hydrogens (tertiary/aromatic N) is 1. The zero-order valence-corrected chi connectivity index (χ0v) is 10.3. The second kappa shape index (κ2) is 2.94. The fourth-order valence-electron chi connectivity index (χ4n) is 2.38. The zero-order valence-electron chi connectivity index (χ0n) is 10.3. The molecule has 2 saturated heterocycles. The van der Waals surface area contributed by atoms with E-state index in [-0.39, 0.29) is 17.2 Å². The van der Waals surface area contributed by atoms with Gasteiger partial charge in [0.1, 0.15) is 0 Å². The molecule has 1 spiro atoms. The van der Waals surface area contributed by atoms with Crippen LogP contribution < -0.4 is 5.73 Å². The third-order valence-electron chi connectivity index (χ3n) is 3.87. The van der Waals surface area contributed by atoms with Crippen LogP contribution in [0.25, 0.3) is 0 Å². The summed E-state index contributed by atoms with van der Waals surface area (Å²) >= 11 is 0. The van der Waals surface area contributed by atoms with Crippen molar-refractivity contribution in [2.45, 2.75) is 50.7 Å². The van der Waals surface area contributed by atoms with Gasteiger partial charge in [0.05, 0.1) is 23.8 Å². The lowest BCUT2D eigenvalue weighted by Gasteiger charge is -2.30. The van der Waals surface area contributed by atoms with Crippen LogP contribution in [0.4, 0.5) is 0 Å². The quantitative estimate of drug-likeness (QED) is 0.640. The molecule has 15 heavy (non-hydrogen) atoms. The van der Waals surface area contributed by atoms with Gasteiger partial charge in [-0.2, -0.15) is 0 Å². The minimum atomic E-state index is -0.609. The first-order valence-electron chi connectivity index (χ1n) is 5.53. The van der Waals surface area contributed by atoms with Gasteiger partial charge >= 0.3 is 0 Å². The van der Waals surface area contributed by atoms with Crippen molar-refractivity contribution in [1.82, 2.24) is 4.90 Å². The van der Waals surface area contributed by atoms with Crippen molar-refractivity contribution in [2.24, 2.45) is 5.73 Å². The number of hydrogen-bond acceptors (Lipinski definition) is 4. The zero-order chi connectivity index (χ0) is 11.5. The average Bonchev–Trinajstić information content (AvgIpc) is 2.31. The molecule has 2 fully saturated rings. The lowest BCUT2D eigenvalue weighted by Crippen LogP contribution is -2.49. The number of likely N-dealkylation sites (N-methyl/N-ethyl adjacent to an activating group) is 1. The van der Waals surface area contributed by atoms with E-state index in [0.29, 0.717) is 0 Å². The molecule has 88 valence electrons. The number of rotatable bonds is 0. The number of likely N-dealkylation sites (tertiary alicyclic amines) is 1. The predicted octanol–water partition coefficient (Wildman–Crippen LogP) is 0.559. The van der Waals surface area contributed by atoms with E-state index in [4.69, 9.17) is 15.2 Å². The van der Waals surface area contributed by atoms with E-state index in [1.807, 2.05) is 7.05 Å². The van der Waals surface area contributed by atoms with Crippen LogP contribution in [0, 0.1) is 0 Å². The van der Waals surface area contributed by atoms with Crippen molar-refractivity contribution in [2.75, 3.05) is 20.1 Å². The summed E-state index contributed by atoms with van der Waals surface area (Å²) in [5.41, 5.74) is 5.52. The number of nitrogens with two attached hydrogens (primary N) is 1. The maximum absolute atomic E-state index is 6.12. The van der Waals surface area contributed by atoms with Gasteiger partial charge in [0.25, 0.3) is 0 Å². The Hall–Kier alpha value is -0.160. The lowest BCUT2D eigenvalue weighted by molar-refractivity contribution is -0.188. The Balaban J connectivity index is 2.28. The maximum Gasteiger partial charge on any atom is 0.198 e. The first kappa shape index (κ1) is 11.3. The van der Waals surface area contributed by atoms with Crippen molar-refractivity contribution >= 4 is 0 Å². The van der Waals surface area contributed by atoms with Crippen LogP contribution in [0.1, 0.15) is 27.7 Å². The predicted molar refractivity (Wildman–Crippen MR) is 58.5 cm³/mol. The fourth-order valence-corrected chi connectivity index (χ4v) is 2.38.